The van der Waals surface area contributed by atoms with E-state index in [-0.39, 0.29) is 18.1 Å². The Labute approximate surface area is 148 Å². The maximum Gasteiger partial charge on any atom is 0.344 e. The van der Waals surface area contributed by atoms with Gasteiger partial charge in [-0.3, -0.25) is 0 Å². The molecule has 0 N–H and O–H groups in total. The molecule has 7 heteroatoms. The van der Waals surface area contributed by atoms with Crippen LogP contribution in [0.5, 0.6) is 5.88 Å². The number of nitrogens with zero attached hydrogens (tertiary/aromatic N) is 2. The first-order valence-electron chi connectivity index (χ1n) is 7.38. The fourth-order valence-corrected chi connectivity index (χ4v) is 2.45. The second kappa shape index (κ2) is 7.46. The van der Waals surface area contributed by atoms with Crippen LogP contribution < -0.4 is 4.74 Å². The first-order chi connectivity index (χ1) is 12.1. The van der Waals surface area contributed by atoms with Crippen molar-refractivity contribution in [2.24, 2.45) is 0 Å². The van der Waals surface area contributed by atoms with Crippen LogP contribution in [0.15, 0.2) is 54.6 Å². The lowest BCUT2D eigenvalue weighted by molar-refractivity contribution is 0.0722. The number of aromatic nitrogens is 2. The van der Waals surface area contributed by atoms with Crippen LogP contribution in [0.25, 0.3) is 5.69 Å². The molecule has 0 bridgehead atoms. The summed E-state index contributed by atoms with van der Waals surface area (Å²) in [6.45, 7) is 0.248. The molecule has 0 amide bonds. The number of halogens is 2. The van der Waals surface area contributed by atoms with Crippen molar-refractivity contribution in [2.45, 2.75) is 6.61 Å². The maximum absolute atomic E-state index is 13.3. The van der Waals surface area contributed by atoms with Gasteiger partial charge in [-0.15, -0.1) is 0 Å². The molecule has 3 aromatic rings. The minimum Gasteiger partial charge on any atom is -0.404 e. The summed E-state index contributed by atoms with van der Waals surface area (Å²) in [5, 5.41) is 4.87. The van der Waals surface area contributed by atoms with Crippen LogP contribution in [0.4, 0.5) is 4.39 Å². The average Bonchev–Trinajstić information content (AvgIpc) is 2.97. The quantitative estimate of drug-likeness (QED) is 0.645. The summed E-state index contributed by atoms with van der Waals surface area (Å²) < 4.78 is 25.2. The van der Waals surface area contributed by atoms with Crippen LogP contribution in [0.2, 0.25) is 5.02 Å². The zero-order valence-corrected chi connectivity index (χ0v) is 14.0. The van der Waals surface area contributed by atoms with Crippen LogP contribution in [0.3, 0.4) is 0 Å². The molecule has 0 saturated heterocycles. The van der Waals surface area contributed by atoms with Crippen molar-refractivity contribution >= 4 is 17.6 Å². The highest BCUT2D eigenvalue weighted by Crippen LogP contribution is 2.23. The largest absolute Gasteiger partial charge is 0.404 e. The summed E-state index contributed by atoms with van der Waals surface area (Å²) in [6, 6.07) is 13.8. The number of hydrogen-bond donors (Lipinski definition) is 0. The van der Waals surface area contributed by atoms with Gasteiger partial charge in [-0.2, -0.15) is 5.10 Å². The highest BCUT2D eigenvalue weighted by molar-refractivity contribution is 6.30. The number of hydrogen-bond acceptors (Lipinski definition) is 4. The Morgan fingerprint density at radius 1 is 1.20 bits per heavy atom. The Morgan fingerprint density at radius 2 is 2.00 bits per heavy atom. The van der Waals surface area contributed by atoms with E-state index in [0.29, 0.717) is 16.4 Å². The lowest BCUT2D eigenvalue weighted by Gasteiger charge is -2.08. The van der Waals surface area contributed by atoms with Gasteiger partial charge in [0.25, 0.3) is 0 Å². The van der Waals surface area contributed by atoms with Crippen molar-refractivity contribution in [1.82, 2.24) is 9.78 Å². The number of ether oxygens (including phenoxy) is 2. The van der Waals surface area contributed by atoms with Crippen LogP contribution in [-0.4, -0.2) is 22.9 Å². The van der Waals surface area contributed by atoms with Gasteiger partial charge in [0, 0.05) is 18.2 Å². The van der Waals surface area contributed by atoms with Crippen LogP contribution in [0.1, 0.15) is 16.1 Å². The molecule has 0 atom stereocenters. The van der Waals surface area contributed by atoms with E-state index in [1.807, 2.05) is 0 Å². The smallest absolute Gasteiger partial charge is 0.344 e. The molecule has 0 unspecified atom stereocenters. The third-order valence-electron chi connectivity index (χ3n) is 3.33. The molecule has 5 nitrogen and oxygen atoms in total. The number of rotatable bonds is 5. The third kappa shape index (κ3) is 4.04. The van der Waals surface area contributed by atoms with E-state index in [1.165, 1.54) is 30.0 Å². The van der Waals surface area contributed by atoms with E-state index in [0.717, 1.165) is 6.07 Å². The molecule has 0 saturated carbocycles. The van der Waals surface area contributed by atoms with Crippen molar-refractivity contribution < 1.29 is 18.7 Å². The van der Waals surface area contributed by atoms with Gasteiger partial charge in [0.15, 0.2) is 0 Å². The van der Waals surface area contributed by atoms with Gasteiger partial charge in [0.1, 0.15) is 5.82 Å². The first-order valence-corrected chi connectivity index (χ1v) is 7.76. The van der Waals surface area contributed by atoms with E-state index < -0.39 is 11.8 Å². The zero-order valence-electron chi connectivity index (χ0n) is 13.3. The fraction of sp³-hybridized carbons (Fsp3) is 0.111. The maximum atomic E-state index is 13.3. The van der Waals surface area contributed by atoms with Crippen molar-refractivity contribution in [3.8, 4) is 11.6 Å². The number of carbonyl (C=O) groups is 1. The molecule has 0 fully saturated rings. The van der Waals surface area contributed by atoms with Gasteiger partial charge in [-0.25, -0.2) is 13.9 Å². The van der Waals surface area contributed by atoms with Crippen molar-refractivity contribution in [2.75, 3.05) is 7.11 Å². The molecule has 0 spiro atoms. The van der Waals surface area contributed by atoms with Gasteiger partial charge in [0.05, 0.1) is 23.6 Å². The second-order valence-corrected chi connectivity index (χ2v) is 5.63. The Hall–Kier alpha value is -2.70. The number of benzene rings is 2. The zero-order chi connectivity index (χ0) is 17.8. The fourth-order valence-electron chi connectivity index (χ4n) is 2.26. The summed E-state index contributed by atoms with van der Waals surface area (Å²) >= 11 is 6.02. The molecular weight excluding hydrogens is 347 g/mol. The molecule has 128 valence electrons. The Bertz CT molecular complexity index is 911. The topological polar surface area (TPSA) is 53.4 Å². The van der Waals surface area contributed by atoms with Crippen molar-refractivity contribution in [1.29, 1.82) is 0 Å². The predicted molar refractivity (Wildman–Crippen MR) is 90.6 cm³/mol. The van der Waals surface area contributed by atoms with Gasteiger partial charge < -0.3 is 9.47 Å². The van der Waals surface area contributed by atoms with Crippen molar-refractivity contribution in [3.05, 3.63) is 76.7 Å². The van der Waals surface area contributed by atoms with Gasteiger partial charge in [-0.05, 0) is 36.4 Å². The summed E-state index contributed by atoms with van der Waals surface area (Å²) in [4.78, 5) is 12.3. The summed E-state index contributed by atoms with van der Waals surface area (Å²) in [5.74, 6) is -1.02. The lowest BCUT2D eigenvalue weighted by Crippen LogP contribution is -2.12. The first kappa shape index (κ1) is 17.1. The molecule has 0 aliphatic rings. The standard InChI is InChI=1S/C18H14ClFN2O3/c1-24-11-15-10-17(22(21-15)16-7-3-5-13(19)9-16)25-18(23)12-4-2-6-14(20)8-12/h2-10H,11H2,1H3. The second-order valence-electron chi connectivity index (χ2n) is 5.20. The molecule has 25 heavy (non-hydrogen) atoms. The Morgan fingerprint density at radius 3 is 2.72 bits per heavy atom. The number of esters is 1. The average molecular weight is 361 g/mol. The normalized spacial score (nSPS) is 10.7. The minimum atomic E-state index is -0.688. The third-order valence-corrected chi connectivity index (χ3v) is 3.56. The Balaban J connectivity index is 1.95. The molecular formula is C18H14ClFN2O3. The summed E-state index contributed by atoms with van der Waals surface area (Å²) in [6.07, 6.45) is 0. The molecule has 1 aromatic heterocycles. The summed E-state index contributed by atoms with van der Waals surface area (Å²) in [5.41, 5.74) is 1.30. The summed E-state index contributed by atoms with van der Waals surface area (Å²) in [7, 11) is 1.54. The van der Waals surface area contributed by atoms with Gasteiger partial charge >= 0.3 is 5.97 Å². The molecule has 0 radical (unpaired) electrons. The number of methoxy groups -OCH3 is 1. The SMILES string of the molecule is COCc1cc(OC(=O)c2cccc(F)c2)n(-c2cccc(Cl)c2)n1. The minimum absolute atomic E-state index is 0.104. The van der Waals surface area contributed by atoms with Crippen molar-refractivity contribution in [3.63, 3.8) is 0 Å². The van der Waals surface area contributed by atoms with E-state index in [1.54, 1.807) is 30.3 Å². The molecule has 0 aliphatic heterocycles. The molecule has 1 heterocycles. The highest BCUT2D eigenvalue weighted by Gasteiger charge is 2.16. The van der Waals surface area contributed by atoms with Crippen LogP contribution >= 0.6 is 11.6 Å². The van der Waals surface area contributed by atoms with Gasteiger partial charge in [-0.1, -0.05) is 23.7 Å². The lowest BCUT2D eigenvalue weighted by atomic mass is 10.2. The molecule has 0 aliphatic carbocycles. The van der Waals surface area contributed by atoms with E-state index in [2.05, 4.69) is 5.10 Å². The molecule has 2 aromatic carbocycles. The van der Waals surface area contributed by atoms with E-state index in [9.17, 15) is 9.18 Å². The van der Waals surface area contributed by atoms with E-state index in [4.69, 9.17) is 21.1 Å². The van der Waals surface area contributed by atoms with Crippen LogP contribution in [-0.2, 0) is 11.3 Å². The van der Waals surface area contributed by atoms with E-state index >= 15 is 0 Å². The van der Waals surface area contributed by atoms with Crippen LogP contribution in [0, 0.1) is 5.82 Å². The number of carbonyl (C=O) groups excluding carboxylic acids is 1. The Kier molecular flexibility index (Phi) is 5.11. The van der Waals surface area contributed by atoms with Gasteiger partial charge in [0.2, 0.25) is 5.88 Å². The monoisotopic (exact) mass is 360 g/mol. The predicted octanol–water partition coefficient (Wildman–Crippen LogP) is 4.03. The highest BCUT2D eigenvalue weighted by atomic mass is 35.5. The molecule has 3 rings (SSSR count).